The molecule has 5 nitrogen and oxygen atoms in total. The van der Waals surface area contributed by atoms with Crippen molar-refractivity contribution in [2.24, 2.45) is 16.8 Å². The molecule has 0 radical (unpaired) electrons. The number of rotatable bonds is 5. The zero-order chi connectivity index (χ0) is 16.6. The molecule has 0 spiro atoms. The van der Waals surface area contributed by atoms with E-state index in [-0.39, 0.29) is 24.0 Å². The van der Waals surface area contributed by atoms with Crippen LogP contribution in [-0.2, 0) is 4.74 Å². The van der Waals surface area contributed by atoms with Crippen LogP contribution in [0.1, 0.15) is 32.1 Å². The molecule has 3 heterocycles. The highest BCUT2D eigenvalue weighted by atomic mass is 127. The molecule has 1 unspecified atom stereocenters. The van der Waals surface area contributed by atoms with Gasteiger partial charge in [-0.1, -0.05) is 0 Å². The van der Waals surface area contributed by atoms with Crippen molar-refractivity contribution in [3.05, 3.63) is 0 Å². The number of hydrogen-bond acceptors (Lipinski definition) is 4. The summed E-state index contributed by atoms with van der Waals surface area (Å²) in [6, 6.07) is 0.564. The molecule has 0 saturated carbocycles. The first-order valence-corrected chi connectivity index (χ1v) is 10.8. The zero-order valence-corrected chi connectivity index (χ0v) is 18.7. The summed E-state index contributed by atoms with van der Waals surface area (Å²) in [6.07, 6.45) is 6.37. The van der Waals surface area contributed by atoms with Crippen LogP contribution in [0.2, 0.25) is 0 Å². The maximum atomic E-state index is 5.50. The summed E-state index contributed by atoms with van der Waals surface area (Å²) < 4.78 is 5.50. The van der Waals surface area contributed by atoms with E-state index in [0.29, 0.717) is 6.04 Å². The molecule has 3 aliphatic heterocycles. The van der Waals surface area contributed by atoms with Gasteiger partial charge in [0.2, 0.25) is 0 Å². The molecule has 3 saturated heterocycles. The van der Waals surface area contributed by atoms with Gasteiger partial charge in [-0.15, -0.1) is 24.0 Å². The molecule has 0 aromatic rings. The Morgan fingerprint density at radius 1 is 1.12 bits per heavy atom. The lowest BCUT2D eigenvalue weighted by Gasteiger charge is -2.34. The van der Waals surface area contributed by atoms with Crippen molar-refractivity contribution >= 4 is 41.7 Å². The van der Waals surface area contributed by atoms with Gasteiger partial charge in [0.1, 0.15) is 0 Å². The Hall–Kier alpha value is 0.270. The van der Waals surface area contributed by atoms with Gasteiger partial charge in [-0.05, 0) is 55.4 Å². The van der Waals surface area contributed by atoms with E-state index in [1.165, 1.54) is 63.2 Å². The van der Waals surface area contributed by atoms with Crippen LogP contribution < -0.4 is 10.6 Å². The van der Waals surface area contributed by atoms with E-state index in [1.54, 1.807) is 0 Å². The number of halogens is 1. The number of hydrogen-bond donors (Lipinski definition) is 2. The topological polar surface area (TPSA) is 48.9 Å². The zero-order valence-electron chi connectivity index (χ0n) is 15.5. The van der Waals surface area contributed by atoms with Gasteiger partial charge in [0.25, 0.3) is 0 Å². The smallest absolute Gasteiger partial charge is 0.191 e. The molecule has 3 rings (SSSR count). The molecule has 0 aromatic heterocycles. The number of nitrogens with zero attached hydrogens (tertiary/aromatic N) is 2. The number of aliphatic imine (C=N–C) groups is 1. The van der Waals surface area contributed by atoms with E-state index in [4.69, 9.17) is 4.74 Å². The Morgan fingerprint density at radius 2 is 1.88 bits per heavy atom. The average Bonchev–Trinajstić information content (AvgIpc) is 3.14. The maximum absolute atomic E-state index is 5.50. The third-order valence-electron chi connectivity index (χ3n) is 5.59. The Bertz CT molecular complexity index is 393. The third-order valence-corrected chi connectivity index (χ3v) is 6.64. The minimum atomic E-state index is 0. The van der Waals surface area contributed by atoms with Crippen molar-refractivity contribution in [2.75, 3.05) is 57.9 Å². The van der Waals surface area contributed by atoms with Crippen LogP contribution in [0, 0.1) is 11.8 Å². The van der Waals surface area contributed by atoms with Crippen LogP contribution in [0.15, 0.2) is 4.99 Å². The second-order valence-corrected chi connectivity index (χ2v) is 8.68. The van der Waals surface area contributed by atoms with E-state index < -0.39 is 0 Å². The van der Waals surface area contributed by atoms with E-state index >= 15 is 0 Å². The van der Waals surface area contributed by atoms with Gasteiger partial charge in [-0.3, -0.25) is 4.99 Å². The molecular formula is C18H35IN4OS. The highest BCUT2D eigenvalue weighted by Gasteiger charge is 2.24. The predicted molar refractivity (Wildman–Crippen MR) is 118 cm³/mol. The van der Waals surface area contributed by atoms with Crippen molar-refractivity contribution in [2.45, 2.75) is 38.1 Å². The summed E-state index contributed by atoms with van der Waals surface area (Å²) >= 11 is 2.09. The summed E-state index contributed by atoms with van der Waals surface area (Å²) in [6.45, 7) is 6.62. The number of thioether (sulfide) groups is 1. The average molecular weight is 482 g/mol. The van der Waals surface area contributed by atoms with Crippen molar-refractivity contribution in [3.63, 3.8) is 0 Å². The van der Waals surface area contributed by atoms with Crippen molar-refractivity contribution in [1.29, 1.82) is 0 Å². The fourth-order valence-corrected chi connectivity index (χ4v) is 5.14. The number of ether oxygens (including phenoxy) is 1. The lowest BCUT2D eigenvalue weighted by atomic mass is 10.0. The molecule has 3 fully saturated rings. The van der Waals surface area contributed by atoms with Gasteiger partial charge in [-0.2, -0.15) is 11.8 Å². The summed E-state index contributed by atoms with van der Waals surface area (Å²) in [5.74, 6) is 5.22. The molecule has 3 aliphatic rings. The maximum Gasteiger partial charge on any atom is 0.191 e. The van der Waals surface area contributed by atoms with Gasteiger partial charge < -0.3 is 20.3 Å². The van der Waals surface area contributed by atoms with Gasteiger partial charge in [0.15, 0.2) is 5.96 Å². The molecule has 0 aromatic carbocycles. The molecule has 2 N–H and O–H groups in total. The molecule has 0 bridgehead atoms. The first-order chi connectivity index (χ1) is 11.8. The van der Waals surface area contributed by atoms with Gasteiger partial charge in [-0.25, -0.2) is 0 Å². The lowest BCUT2D eigenvalue weighted by molar-refractivity contribution is 0.150. The lowest BCUT2D eigenvalue weighted by Crippen LogP contribution is -2.50. The Morgan fingerprint density at radius 3 is 2.52 bits per heavy atom. The third kappa shape index (κ3) is 7.42. The quantitative estimate of drug-likeness (QED) is 0.358. The molecule has 0 aliphatic carbocycles. The summed E-state index contributed by atoms with van der Waals surface area (Å²) in [5.41, 5.74) is 0. The highest BCUT2D eigenvalue weighted by Crippen LogP contribution is 2.22. The van der Waals surface area contributed by atoms with E-state index in [9.17, 15) is 0 Å². The van der Waals surface area contributed by atoms with Crippen LogP contribution >= 0.6 is 35.7 Å². The molecule has 1 atom stereocenters. The van der Waals surface area contributed by atoms with Crippen LogP contribution in [0.5, 0.6) is 0 Å². The van der Waals surface area contributed by atoms with Gasteiger partial charge in [0.05, 0.1) is 6.61 Å². The summed E-state index contributed by atoms with van der Waals surface area (Å²) in [4.78, 5) is 7.05. The second kappa shape index (κ2) is 11.9. The van der Waals surface area contributed by atoms with Crippen LogP contribution in [0.3, 0.4) is 0 Å². The Kier molecular flexibility index (Phi) is 10.2. The monoisotopic (exact) mass is 482 g/mol. The fourth-order valence-electron chi connectivity index (χ4n) is 3.93. The largest absolute Gasteiger partial charge is 0.381 e. The number of nitrogens with one attached hydrogen (secondary N) is 2. The Balaban J connectivity index is 0.00000225. The van der Waals surface area contributed by atoms with E-state index in [2.05, 4.69) is 32.3 Å². The molecule has 146 valence electrons. The molecule has 7 heteroatoms. The molecule has 0 amide bonds. The molecular weight excluding hydrogens is 447 g/mol. The van der Waals surface area contributed by atoms with Crippen molar-refractivity contribution in [3.8, 4) is 0 Å². The fraction of sp³-hybridized carbons (Fsp3) is 0.944. The minimum Gasteiger partial charge on any atom is -0.381 e. The highest BCUT2D eigenvalue weighted by molar-refractivity contribution is 14.0. The van der Waals surface area contributed by atoms with E-state index in [1.807, 2.05) is 7.05 Å². The number of piperidine rings is 1. The normalized spacial score (nSPS) is 27.1. The standard InChI is InChI=1S/C18H34N4OS.HI/c1-19-18(20-12-15-5-10-24-11-6-15)21-17-2-7-22(8-3-17)13-16-4-9-23-14-16;/h15-17H,2-14H2,1H3,(H2,19,20,21);1H. The Labute approximate surface area is 174 Å². The van der Waals surface area contributed by atoms with Crippen molar-refractivity contribution < 1.29 is 4.74 Å². The number of guanidine groups is 1. The van der Waals surface area contributed by atoms with Crippen LogP contribution in [-0.4, -0.2) is 74.8 Å². The number of likely N-dealkylation sites (tertiary alicyclic amines) is 1. The van der Waals surface area contributed by atoms with Crippen LogP contribution in [0.25, 0.3) is 0 Å². The molecule has 25 heavy (non-hydrogen) atoms. The van der Waals surface area contributed by atoms with Gasteiger partial charge in [0, 0.05) is 45.9 Å². The predicted octanol–water partition coefficient (Wildman–Crippen LogP) is 2.41. The van der Waals surface area contributed by atoms with E-state index in [0.717, 1.165) is 37.6 Å². The second-order valence-electron chi connectivity index (χ2n) is 7.46. The summed E-state index contributed by atoms with van der Waals surface area (Å²) in [5, 5.41) is 7.20. The van der Waals surface area contributed by atoms with Crippen LogP contribution in [0.4, 0.5) is 0 Å². The first kappa shape index (κ1) is 21.6. The SMILES string of the molecule is CN=C(NCC1CCSCC1)NC1CCN(CC2CCOC2)CC1.I. The van der Waals surface area contributed by atoms with Gasteiger partial charge >= 0.3 is 0 Å². The van der Waals surface area contributed by atoms with Crippen molar-refractivity contribution in [1.82, 2.24) is 15.5 Å². The first-order valence-electron chi connectivity index (χ1n) is 9.68. The summed E-state index contributed by atoms with van der Waals surface area (Å²) in [7, 11) is 1.89. The minimum absolute atomic E-state index is 0.